The Kier molecular flexibility index (Phi) is 8.95. The van der Waals surface area contributed by atoms with Crippen molar-refractivity contribution in [3.05, 3.63) is 0 Å². The predicted molar refractivity (Wildman–Crippen MR) is 75.2 cm³/mol. The zero-order chi connectivity index (χ0) is 14.8. The minimum Gasteiger partial charge on any atom is -0.481 e. The molecule has 1 atom stereocenters. The van der Waals surface area contributed by atoms with Gasteiger partial charge in [0.2, 0.25) is 0 Å². The second kappa shape index (κ2) is 9.61. The second-order valence-electron chi connectivity index (χ2n) is 4.87. The number of aliphatic carboxylic acids is 1. The van der Waals surface area contributed by atoms with Gasteiger partial charge in [-0.3, -0.25) is 4.79 Å². The third kappa shape index (κ3) is 7.66. The molecule has 0 spiro atoms. The number of carbonyl (C=O) groups is 2. The highest BCUT2D eigenvalue weighted by Crippen LogP contribution is 2.01. The Morgan fingerprint density at radius 3 is 2.26 bits per heavy atom. The molecule has 0 rings (SSSR count). The summed E-state index contributed by atoms with van der Waals surface area (Å²) in [6.45, 7) is 6.15. The zero-order valence-electron chi connectivity index (χ0n) is 12.5. The highest BCUT2D eigenvalue weighted by Gasteiger charge is 2.17. The number of carbonyl (C=O) groups excluding carboxylic acids is 1. The standard InChI is InChI=1S/C13H27N3O3/c1-5-11(12(17)18)10-14-13(19)16(6-2)9-7-8-15(3)4/h11H,5-10H2,1-4H3,(H,14,19)(H,17,18). The number of carboxylic acids is 1. The van der Waals surface area contributed by atoms with Crippen LogP contribution in [0.5, 0.6) is 0 Å². The van der Waals surface area contributed by atoms with E-state index in [4.69, 9.17) is 5.11 Å². The topological polar surface area (TPSA) is 72.9 Å². The number of nitrogens with one attached hydrogen (secondary N) is 1. The first-order valence-electron chi connectivity index (χ1n) is 6.82. The predicted octanol–water partition coefficient (Wildman–Crippen LogP) is 1.08. The van der Waals surface area contributed by atoms with Crippen molar-refractivity contribution in [2.75, 3.05) is 40.3 Å². The lowest BCUT2D eigenvalue weighted by molar-refractivity contribution is -0.141. The molecule has 112 valence electrons. The number of carboxylic acid groups (broad SMARTS) is 1. The van der Waals surface area contributed by atoms with Crippen molar-refractivity contribution < 1.29 is 14.7 Å². The largest absolute Gasteiger partial charge is 0.481 e. The molecule has 0 aromatic heterocycles. The summed E-state index contributed by atoms with van der Waals surface area (Å²) in [6.07, 6.45) is 1.42. The van der Waals surface area contributed by atoms with Crippen molar-refractivity contribution in [2.45, 2.75) is 26.7 Å². The summed E-state index contributed by atoms with van der Waals surface area (Å²) in [4.78, 5) is 26.5. The Balaban J connectivity index is 4.10. The molecule has 0 aliphatic carbocycles. The molecule has 0 aromatic rings. The maximum Gasteiger partial charge on any atom is 0.317 e. The second-order valence-corrected chi connectivity index (χ2v) is 4.87. The van der Waals surface area contributed by atoms with E-state index < -0.39 is 11.9 Å². The number of urea groups is 1. The molecular formula is C13H27N3O3. The van der Waals surface area contributed by atoms with E-state index in [1.807, 2.05) is 21.0 Å². The highest BCUT2D eigenvalue weighted by atomic mass is 16.4. The smallest absolute Gasteiger partial charge is 0.317 e. The molecule has 6 nitrogen and oxygen atoms in total. The number of hydrogen-bond acceptors (Lipinski definition) is 3. The van der Waals surface area contributed by atoms with Gasteiger partial charge in [-0.2, -0.15) is 0 Å². The molecule has 1 unspecified atom stereocenters. The van der Waals surface area contributed by atoms with Gasteiger partial charge in [-0.25, -0.2) is 4.79 Å². The first-order valence-corrected chi connectivity index (χ1v) is 6.82. The molecule has 0 heterocycles. The fourth-order valence-electron chi connectivity index (χ4n) is 1.71. The fourth-order valence-corrected chi connectivity index (χ4v) is 1.71. The molecule has 0 aliphatic heterocycles. The van der Waals surface area contributed by atoms with Crippen LogP contribution in [0.25, 0.3) is 0 Å². The quantitative estimate of drug-likeness (QED) is 0.659. The Morgan fingerprint density at radius 2 is 1.84 bits per heavy atom. The lowest BCUT2D eigenvalue weighted by atomic mass is 10.1. The van der Waals surface area contributed by atoms with Crippen molar-refractivity contribution >= 4 is 12.0 Å². The van der Waals surface area contributed by atoms with E-state index in [0.29, 0.717) is 19.5 Å². The van der Waals surface area contributed by atoms with Crippen LogP contribution in [0.4, 0.5) is 4.79 Å². The van der Waals surface area contributed by atoms with E-state index >= 15 is 0 Å². The third-order valence-electron chi connectivity index (χ3n) is 3.04. The monoisotopic (exact) mass is 273 g/mol. The highest BCUT2D eigenvalue weighted by molar-refractivity contribution is 5.76. The van der Waals surface area contributed by atoms with Crippen LogP contribution in [0.1, 0.15) is 26.7 Å². The molecule has 0 saturated heterocycles. The molecule has 0 fully saturated rings. The van der Waals surface area contributed by atoms with Gasteiger partial charge in [-0.1, -0.05) is 6.92 Å². The van der Waals surface area contributed by atoms with E-state index in [-0.39, 0.29) is 12.6 Å². The van der Waals surface area contributed by atoms with Crippen molar-refractivity contribution in [2.24, 2.45) is 5.92 Å². The van der Waals surface area contributed by atoms with Crippen LogP contribution in [0.3, 0.4) is 0 Å². The summed E-state index contributed by atoms with van der Waals surface area (Å²) in [5.41, 5.74) is 0. The molecule has 0 aromatic carbocycles. The van der Waals surface area contributed by atoms with Gasteiger partial charge in [0, 0.05) is 19.6 Å². The number of amides is 2. The van der Waals surface area contributed by atoms with Crippen LogP contribution >= 0.6 is 0 Å². The van der Waals surface area contributed by atoms with Crippen LogP contribution in [0, 0.1) is 5.92 Å². The van der Waals surface area contributed by atoms with Gasteiger partial charge in [0.15, 0.2) is 0 Å². The lowest BCUT2D eigenvalue weighted by Gasteiger charge is -2.23. The van der Waals surface area contributed by atoms with Crippen molar-refractivity contribution in [3.8, 4) is 0 Å². The normalized spacial score (nSPS) is 12.3. The molecule has 0 saturated carbocycles. The Bertz CT molecular complexity index is 282. The molecule has 2 N–H and O–H groups in total. The Hall–Kier alpha value is -1.30. The summed E-state index contributed by atoms with van der Waals surface area (Å²) in [6, 6.07) is -0.180. The van der Waals surface area contributed by atoms with Crippen LogP contribution in [0.15, 0.2) is 0 Å². The van der Waals surface area contributed by atoms with Gasteiger partial charge in [-0.05, 0) is 40.4 Å². The summed E-state index contributed by atoms with van der Waals surface area (Å²) in [5.74, 6) is -1.37. The SMILES string of the molecule is CCC(CNC(=O)N(CC)CCCN(C)C)C(=O)O. The Morgan fingerprint density at radius 1 is 1.21 bits per heavy atom. The number of hydrogen-bond donors (Lipinski definition) is 2. The van der Waals surface area contributed by atoms with Crippen molar-refractivity contribution in [3.63, 3.8) is 0 Å². The maximum absolute atomic E-state index is 11.9. The van der Waals surface area contributed by atoms with Crippen LogP contribution in [0.2, 0.25) is 0 Å². The summed E-state index contributed by atoms with van der Waals surface area (Å²) < 4.78 is 0. The lowest BCUT2D eigenvalue weighted by Crippen LogP contribution is -2.43. The molecule has 0 bridgehead atoms. The average molecular weight is 273 g/mol. The van der Waals surface area contributed by atoms with Gasteiger partial charge in [0.25, 0.3) is 0 Å². The minimum absolute atomic E-state index is 0.180. The molecule has 2 amide bonds. The van der Waals surface area contributed by atoms with E-state index in [2.05, 4.69) is 10.2 Å². The summed E-state index contributed by atoms with van der Waals surface area (Å²) >= 11 is 0. The molecular weight excluding hydrogens is 246 g/mol. The van der Waals surface area contributed by atoms with Crippen LogP contribution in [-0.4, -0.2) is 67.2 Å². The van der Waals surface area contributed by atoms with Crippen LogP contribution < -0.4 is 5.32 Å². The van der Waals surface area contributed by atoms with Crippen molar-refractivity contribution in [1.82, 2.24) is 15.1 Å². The van der Waals surface area contributed by atoms with Gasteiger partial charge >= 0.3 is 12.0 Å². The first-order chi connectivity index (χ1) is 8.92. The zero-order valence-corrected chi connectivity index (χ0v) is 12.5. The Labute approximate surface area is 115 Å². The third-order valence-corrected chi connectivity index (χ3v) is 3.04. The van der Waals surface area contributed by atoms with Gasteiger partial charge in [-0.15, -0.1) is 0 Å². The molecule has 0 aliphatic rings. The van der Waals surface area contributed by atoms with E-state index in [9.17, 15) is 9.59 Å². The molecule has 6 heteroatoms. The van der Waals surface area contributed by atoms with E-state index in [1.54, 1.807) is 11.8 Å². The minimum atomic E-state index is -0.863. The van der Waals surface area contributed by atoms with Crippen molar-refractivity contribution in [1.29, 1.82) is 0 Å². The molecule has 19 heavy (non-hydrogen) atoms. The van der Waals surface area contributed by atoms with E-state index in [0.717, 1.165) is 13.0 Å². The molecule has 0 radical (unpaired) electrons. The fraction of sp³-hybridized carbons (Fsp3) is 0.846. The van der Waals surface area contributed by atoms with E-state index in [1.165, 1.54) is 0 Å². The average Bonchev–Trinajstić information content (AvgIpc) is 2.34. The number of nitrogens with zero attached hydrogens (tertiary/aromatic N) is 2. The van der Waals surface area contributed by atoms with Gasteiger partial charge in [0.05, 0.1) is 5.92 Å². The number of rotatable bonds is 9. The van der Waals surface area contributed by atoms with Crippen LogP contribution in [-0.2, 0) is 4.79 Å². The maximum atomic E-state index is 11.9. The summed E-state index contributed by atoms with van der Waals surface area (Å²) in [7, 11) is 3.99. The van der Waals surface area contributed by atoms with Gasteiger partial charge < -0.3 is 20.2 Å². The first kappa shape index (κ1) is 17.7. The van der Waals surface area contributed by atoms with Gasteiger partial charge in [0.1, 0.15) is 0 Å². The summed E-state index contributed by atoms with van der Waals surface area (Å²) in [5, 5.41) is 11.6.